The lowest BCUT2D eigenvalue weighted by molar-refractivity contribution is 0.415. The van der Waals surface area contributed by atoms with E-state index in [1.165, 1.54) is 24.0 Å². The molecule has 0 spiro atoms. The Kier molecular flexibility index (Phi) is 2.21. The fourth-order valence-electron chi connectivity index (χ4n) is 4.75. The Morgan fingerprint density at radius 2 is 2.05 bits per heavy atom. The molecule has 0 saturated heterocycles. The fraction of sp³-hybridized carbons (Fsp3) is 0.562. The minimum Gasteiger partial charge on any atom is -0.497 e. The molecular formula is C16H18N2OS. The first-order valence-corrected chi connectivity index (χ1v) is 8.36. The van der Waals surface area contributed by atoms with Crippen molar-refractivity contribution in [3.63, 3.8) is 0 Å². The van der Waals surface area contributed by atoms with Gasteiger partial charge in [-0.05, 0) is 61.1 Å². The highest BCUT2D eigenvalue weighted by atomic mass is 32.1. The summed E-state index contributed by atoms with van der Waals surface area (Å²) in [4.78, 5) is 4.72. The van der Waals surface area contributed by atoms with E-state index in [0.29, 0.717) is 6.04 Å². The van der Waals surface area contributed by atoms with Crippen molar-refractivity contribution in [3.8, 4) is 5.75 Å². The predicted octanol–water partition coefficient (Wildman–Crippen LogP) is 3.76. The van der Waals surface area contributed by atoms with Crippen LogP contribution in [-0.4, -0.2) is 18.1 Å². The van der Waals surface area contributed by atoms with Crippen LogP contribution >= 0.6 is 11.3 Å². The molecule has 1 aromatic heterocycles. The topological polar surface area (TPSA) is 34.1 Å². The maximum absolute atomic E-state index is 5.28. The molecule has 3 saturated carbocycles. The van der Waals surface area contributed by atoms with Crippen molar-refractivity contribution in [2.75, 3.05) is 12.4 Å². The van der Waals surface area contributed by atoms with Gasteiger partial charge in [-0.2, -0.15) is 0 Å². The Morgan fingerprint density at radius 1 is 1.25 bits per heavy atom. The Hall–Kier alpha value is -1.29. The molecule has 4 unspecified atom stereocenters. The summed E-state index contributed by atoms with van der Waals surface area (Å²) in [5.74, 6) is 4.84. The molecule has 0 amide bonds. The zero-order valence-corrected chi connectivity index (χ0v) is 12.3. The van der Waals surface area contributed by atoms with E-state index in [2.05, 4.69) is 11.4 Å². The van der Waals surface area contributed by atoms with Gasteiger partial charge in [0.15, 0.2) is 5.13 Å². The summed E-state index contributed by atoms with van der Waals surface area (Å²) in [6, 6.07) is 6.82. The second-order valence-electron chi connectivity index (χ2n) is 6.51. The van der Waals surface area contributed by atoms with E-state index in [9.17, 15) is 0 Å². The SMILES string of the molecule is COc1ccc2nc(NC3C4C5CCC(C5)C34)sc2c1. The van der Waals surface area contributed by atoms with Crippen LogP contribution in [0.1, 0.15) is 19.3 Å². The summed E-state index contributed by atoms with van der Waals surface area (Å²) in [5.41, 5.74) is 1.08. The molecule has 3 aliphatic rings. The van der Waals surface area contributed by atoms with Gasteiger partial charge in [-0.25, -0.2) is 4.98 Å². The lowest BCUT2D eigenvalue weighted by Crippen LogP contribution is -2.12. The third kappa shape index (κ3) is 1.48. The van der Waals surface area contributed by atoms with Crippen LogP contribution in [-0.2, 0) is 0 Å². The van der Waals surface area contributed by atoms with Crippen LogP contribution in [0, 0.1) is 23.7 Å². The number of hydrogen-bond donors (Lipinski definition) is 1. The zero-order chi connectivity index (χ0) is 13.3. The molecule has 104 valence electrons. The van der Waals surface area contributed by atoms with E-state index in [1.54, 1.807) is 18.4 Å². The fourth-order valence-corrected chi connectivity index (χ4v) is 5.70. The average molecular weight is 286 g/mol. The van der Waals surface area contributed by atoms with E-state index in [1.807, 2.05) is 12.1 Å². The third-order valence-corrected chi connectivity index (χ3v) is 6.57. The molecule has 5 rings (SSSR count). The second-order valence-corrected chi connectivity index (χ2v) is 7.54. The monoisotopic (exact) mass is 286 g/mol. The molecule has 1 N–H and O–H groups in total. The second kappa shape index (κ2) is 3.88. The number of fused-ring (bicyclic) bond motifs is 6. The van der Waals surface area contributed by atoms with Gasteiger partial charge in [0, 0.05) is 6.04 Å². The summed E-state index contributed by atoms with van der Waals surface area (Å²) >= 11 is 1.75. The van der Waals surface area contributed by atoms with E-state index < -0.39 is 0 Å². The summed E-state index contributed by atoms with van der Waals surface area (Å²) in [7, 11) is 1.71. The minimum atomic E-state index is 0.712. The van der Waals surface area contributed by atoms with Crippen LogP contribution in [0.5, 0.6) is 5.75 Å². The van der Waals surface area contributed by atoms with E-state index >= 15 is 0 Å². The van der Waals surface area contributed by atoms with Crippen molar-refractivity contribution < 1.29 is 4.74 Å². The van der Waals surface area contributed by atoms with Gasteiger partial charge >= 0.3 is 0 Å². The largest absolute Gasteiger partial charge is 0.497 e. The maximum atomic E-state index is 5.28. The van der Waals surface area contributed by atoms with Crippen molar-refractivity contribution in [3.05, 3.63) is 18.2 Å². The Bertz CT molecular complexity index is 666. The van der Waals surface area contributed by atoms with Crippen molar-refractivity contribution >= 4 is 26.7 Å². The maximum Gasteiger partial charge on any atom is 0.184 e. The third-order valence-electron chi connectivity index (χ3n) is 5.62. The summed E-state index contributed by atoms with van der Waals surface area (Å²) < 4.78 is 6.49. The van der Waals surface area contributed by atoms with Gasteiger partial charge < -0.3 is 10.1 Å². The molecule has 1 aromatic carbocycles. The highest BCUT2D eigenvalue weighted by Crippen LogP contribution is 2.66. The van der Waals surface area contributed by atoms with Crippen LogP contribution in [0.2, 0.25) is 0 Å². The lowest BCUT2D eigenvalue weighted by atomic mass is 10.0. The molecule has 0 radical (unpaired) electrons. The number of nitrogens with zero attached hydrogens (tertiary/aromatic N) is 1. The number of nitrogens with one attached hydrogen (secondary N) is 1. The number of thiazole rings is 1. The number of methoxy groups -OCH3 is 1. The van der Waals surface area contributed by atoms with Crippen molar-refractivity contribution in [2.45, 2.75) is 25.3 Å². The predicted molar refractivity (Wildman–Crippen MR) is 81.4 cm³/mol. The molecule has 2 bridgehead atoms. The Labute approximate surface area is 122 Å². The number of hydrogen-bond acceptors (Lipinski definition) is 4. The average Bonchev–Trinajstić information content (AvgIpc) is 2.87. The van der Waals surface area contributed by atoms with Gasteiger partial charge in [0.1, 0.15) is 5.75 Å². The summed E-state index contributed by atoms with van der Waals surface area (Å²) in [6.07, 6.45) is 4.45. The first-order valence-electron chi connectivity index (χ1n) is 7.54. The van der Waals surface area contributed by atoms with E-state index in [-0.39, 0.29) is 0 Å². The molecule has 3 aliphatic carbocycles. The molecule has 4 atom stereocenters. The number of anilines is 1. The standard InChI is InChI=1S/C16H18N2OS/c1-19-10-4-5-11-12(7-10)20-16(17-11)18-15-13-8-2-3-9(6-8)14(13)15/h4-5,7-9,13-15H,2-3,6H2,1H3,(H,17,18). The van der Waals surface area contributed by atoms with Gasteiger partial charge in [0.2, 0.25) is 0 Å². The highest BCUT2D eigenvalue weighted by molar-refractivity contribution is 7.22. The number of ether oxygens (including phenoxy) is 1. The van der Waals surface area contributed by atoms with Gasteiger partial charge in [-0.15, -0.1) is 0 Å². The normalized spacial score (nSPS) is 37.1. The van der Waals surface area contributed by atoms with Crippen molar-refractivity contribution in [2.24, 2.45) is 23.7 Å². The lowest BCUT2D eigenvalue weighted by Gasteiger charge is -2.08. The molecule has 2 aromatic rings. The number of rotatable bonds is 3. The summed E-state index contributed by atoms with van der Waals surface area (Å²) in [5, 5.41) is 4.80. The Balaban J connectivity index is 1.40. The first-order chi connectivity index (χ1) is 9.83. The van der Waals surface area contributed by atoms with Crippen LogP contribution in [0.15, 0.2) is 18.2 Å². The Morgan fingerprint density at radius 3 is 2.80 bits per heavy atom. The molecule has 3 nitrogen and oxygen atoms in total. The van der Waals surface area contributed by atoms with Crippen LogP contribution in [0.4, 0.5) is 5.13 Å². The van der Waals surface area contributed by atoms with Crippen LogP contribution in [0.3, 0.4) is 0 Å². The highest BCUT2D eigenvalue weighted by Gasteiger charge is 2.65. The minimum absolute atomic E-state index is 0.712. The smallest absolute Gasteiger partial charge is 0.184 e. The molecule has 4 heteroatoms. The molecule has 20 heavy (non-hydrogen) atoms. The van der Waals surface area contributed by atoms with Gasteiger partial charge in [0.25, 0.3) is 0 Å². The van der Waals surface area contributed by atoms with Gasteiger partial charge in [-0.3, -0.25) is 0 Å². The van der Waals surface area contributed by atoms with E-state index in [0.717, 1.165) is 40.1 Å². The molecule has 0 aliphatic heterocycles. The number of aromatic nitrogens is 1. The van der Waals surface area contributed by atoms with Gasteiger partial charge in [0.05, 0.1) is 17.3 Å². The summed E-state index contributed by atoms with van der Waals surface area (Å²) in [6.45, 7) is 0. The van der Waals surface area contributed by atoms with Crippen molar-refractivity contribution in [1.82, 2.24) is 4.98 Å². The molecular weight excluding hydrogens is 268 g/mol. The molecule has 3 fully saturated rings. The van der Waals surface area contributed by atoms with Crippen LogP contribution in [0.25, 0.3) is 10.2 Å². The zero-order valence-electron chi connectivity index (χ0n) is 11.5. The van der Waals surface area contributed by atoms with E-state index in [4.69, 9.17) is 9.72 Å². The molecule has 1 heterocycles. The quantitative estimate of drug-likeness (QED) is 0.933. The first kappa shape index (κ1) is 11.4. The number of benzene rings is 1. The van der Waals surface area contributed by atoms with Crippen molar-refractivity contribution in [1.29, 1.82) is 0 Å². The van der Waals surface area contributed by atoms with Gasteiger partial charge in [-0.1, -0.05) is 11.3 Å². The van der Waals surface area contributed by atoms with Crippen LogP contribution < -0.4 is 10.1 Å².